The van der Waals surface area contributed by atoms with Gasteiger partial charge in [0.2, 0.25) is 0 Å². The molecule has 4 fully saturated rings. The van der Waals surface area contributed by atoms with Crippen LogP contribution in [0, 0.1) is 17.8 Å². The maximum Gasteiger partial charge on any atom is 0.328 e. The van der Waals surface area contributed by atoms with Gasteiger partial charge in [-0.3, -0.25) is 4.98 Å². The number of aliphatic carboxylic acids is 1. The van der Waals surface area contributed by atoms with Gasteiger partial charge in [0.05, 0.1) is 10.7 Å². The highest BCUT2D eigenvalue weighted by molar-refractivity contribution is 6.33. The number of hydrogen-bond donors (Lipinski definition) is 1. The summed E-state index contributed by atoms with van der Waals surface area (Å²) in [7, 11) is 0. The number of rotatable bonds is 8. The van der Waals surface area contributed by atoms with E-state index < -0.39 is 5.97 Å². The number of nitrogens with zero attached hydrogens (tertiary/aromatic N) is 1. The lowest BCUT2D eigenvalue weighted by molar-refractivity contribution is -0.131. The van der Waals surface area contributed by atoms with Gasteiger partial charge in [-0.2, -0.15) is 0 Å². The van der Waals surface area contributed by atoms with E-state index in [1.807, 2.05) is 19.1 Å². The summed E-state index contributed by atoms with van der Waals surface area (Å²) < 4.78 is 6.52. The third kappa shape index (κ3) is 4.87. The van der Waals surface area contributed by atoms with Crippen molar-refractivity contribution < 1.29 is 14.6 Å². The molecule has 1 N–H and O–H groups in total. The molecule has 1 heterocycles. The fraction of sp³-hybridized carbons (Fsp3) is 0.394. The van der Waals surface area contributed by atoms with Gasteiger partial charge in [-0.15, -0.1) is 0 Å². The number of ether oxygens (including phenoxy) is 1. The van der Waals surface area contributed by atoms with E-state index in [1.165, 1.54) is 50.2 Å². The molecular weight excluding hydrogens is 494 g/mol. The SMILES string of the molecule is CC/C(=C\C(=O)O)c1cnc(-c2ccc(OCc3ccccc3)c(C34CC5CC(CC(C5)C3)C4)c2)c(Cl)c1. The highest BCUT2D eigenvalue weighted by atomic mass is 35.5. The Morgan fingerprint density at radius 1 is 1.05 bits per heavy atom. The Morgan fingerprint density at radius 3 is 2.34 bits per heavy atom. The van der Waals surface area contributed by atoms with Gasteiger partial charge in [0.15, 0.2) is 0 Å². The van der Waals surface area contributed by atoms with Crippen LogP contribution in [-0.4, -0.2) is 16.1 Å². The van der Waals surface area contributed by atoms with Crippen LogP contribution in [0.15, 0.2) is 66.9 Å². The summed E-state index contributed by atoms with van der Waals surface area (Å²) in [6.45, 7) is 2.48. The van der Waals surface area contributed by atoms with Crippen molar-refractivity contribution in [1.29, 1.82) is 0 Å². The molecule has 4 saturated carbocycles. The molecule has 0 saturated heterocycles. The molecule has 4 aliphatic carbocycles. The molecule has 5 heteroatoms. The molecule has 196 valence electrons. The van der Waals surface area contributed by atoms with Crippen LogP contribution < -0.4 is 4.74 Å². The van der Waals surface area contributed by atoms with Crippen LogP contribution in [-0.2, 0) is 16.8 Å². The minimum absolute atomic E-state index is 0.156. The zero-order valence-electron chi connectivity index (χ0n) is 21.8. The van der Waals surface area contributed by atoms with Crippen LogP contribution in [0.1, 0.15) is 68.6 Å². The molecule has 0 aliphatic heterocycles. The minimum Gasteiger partial charge on any atom is -0.489 e. The number of carboxylic acid groups (broad SMARTS) is 1. The van der Waals surface area contributed by atoms with E-state index in [0.29, 0.717) is 23.6 Å². The largest absolute Gasteiger partial charge is 0.489 e. The van der Waals surface area contributed by atoms with Gasteiger partial charge in [0, 0.05) is 23.4 Å². The Hall–Kier alpha value is -3.11. The average Bonchev–Trinajstić information content (AvgIpc) is 2.90. The first-order chi connectivity index (χ1) is 18.4. The van der Waals surface area contributed by atoms with Crippen LogP contribution in [0.2, 0.25) is 5.02 Å². The second-order valence-electron chi connectivity index (χ2n) is 11.6. The molecule has 4 bridgehead atoms. The van der Waals surface area contributed by atoms with Crippen LogP contribution in [0.4, 0.5) is 0 Å². The first-order valence-electron chi connectivity index (χ1n) is 13.8. The molecule has 1 aromatic heterocycles. The van der Waals surface area contributed by atoms with Crippen LogP contribution in [0.25, 0.3) is 16.8 Å². The predicted octanol–water partition coefficient (Wildman–Crippen LogP) is 8.33. The first kappa shape index (κ1) is 25.2. The van der Waals surface area contributed by atoms with Gasteiger partial charge in [-0.1, -0.05) is 48.9 Å². The normalized spacial score (nSPS) is 25.9. The van der Waals surface area contributed by atoms with E-state index >= 15 is 0 Å². The Bertz CT molecular complexity index is 1340. The molecule has 0 radical (unpaired) electrons. The molecule has 38 heavy (non-hydrogen) atoms. The fourth-order valence-electron chi connectivity index (χ4n) is 7.76. The summed E-state index contributed by atoms with van der Waals surface area (Å²) >= 11 is 6.79. The molecule has 0 atom stereocenters. The highest BCUT2D eigenvalue weighted by Crippen LogP contribution is 2.62. The Morgan fingerprint density at radius 2 is 1.74 bits per heavy atom. The quantitative estimate of drug-likeness (QED) is 0.299. The van der Waals surface area contributed by atoms with Crippen LogP contribution >= 0.6 is 11.6 Å². The van der Waals surface area contributed by atoms with Crippen molar-refractivity contribution in [2.45, 2.75) is 63.9 Å². The molecular formula is C33H34ClNO3. The van der Waals surface area contributed by atoms with Crippen LogP contribution in [0.5, 0.6) is 5.75 Å². The van der Waals surface area contributed by atoms with Crippen LogP contribution in [0.3, 0.4) is 0 Å². The molecule has 4 aliphatic rings. The summed E-state index contributed by atoms with van der Waals surface area (Å²) in [5, 5.41) is 9.76. The van der Waals surface area contributed by atoms with Gasteiger partial charge < -0.3 is 9.84 Å². The number of aromatic nitrogens is 1. The summed E-state index contributed by atoms with van der Waals surface area (Å²) in [5.74, 6) is 2.47. The van der Waals surface area contributed by atoms with E-state index in [2.05, 4.69) is 42.5 Å². The van der Waals surface area contributed by atoms with Crippen molar-refractivity contribution in [3.05, 3.63) is 88.6 Å². The monoisotopic (exact) mass is 527 g/mol. The number of hydrogen-bond acceptors (Lipinski definition) is 3. The van der Waals surface area contributed by atoms with E-state index in [0.717, 1.165) is 45.9 Å². The molecule has 7 rings (SSSR count). The Labute approximate surface area is 229 Å². The lowest BCUT2D eigenvalue weighted by Crippen LogP contribution is -2.48. The van der Waals surface area contributed by atoms with Gasteiger partial charge in [0.25, 0.3) is 0 Å². The number of benzene rings is 2. The van der Waals surface area contributed by atoms with E-state index in [4.69, 9.17) is 21.3 Å². The minimum atomic E-state index is -0.964. The van der Waals surface area contributed by atoms with Gasteiger partial charge in [-0.25, -0.2) is 4.79 Å². The molecule has 0 unspecified atom stereocenters. The van der Waals surface area contributed by atoms with E-state index in [1.54, 1.807) is 6.20 Å². The second-order valence-corrected chi connectivity index (χ2v) is 12.0. The van der Waals surface area contributed by atoms with Gasteiger partial charge in [0.1, 0.15) is 12.4 Å². The number of carboxylic acids is 1. The van der Waals surface area contributed by atoms with Crippen molar-refractivity contribution >= 4 is 23.1 Å². The zero-order valence-corrected chi connectivity index (χ0v) is 22.6. The van der Waals surface area contributed by atoms with E-state index in [9.17, 15) is 9.90 Å². The molecule has 0 amide bonds. The number of halogens is 1. The lowest BCUT2D eigenvalue weighted by Gasteiger charge is -2.57. The van der Waals surface area contributed by atoms with Crippen molar-refractivity contribution in [1.82, 2.24) is 4.98 Å². The Balaban J connectivity index is 1.38. The van der Waals surface area contributed by atoms with Crippen molar-refractivity contribution in [3.8, 4) is 17.0 Å². The molecule has 4 nitrogen and oxygen atoms in total. The summed E-state index contributed by atoms with van der Waals surface area (Å²) in [4.78, 5) is 16.0. The highest BCUT2D eigenvalue weighted by Gasteiger charge is 2.52. The smallest absolute Gasteiger partial charge is 0.328 e. The second kappa shape index (κ2) is 10.2. The summed E-state index contributed by atoms with van der Waals surface area (Å²) in [5.41, 5.74) is 5.79. The maximum absolute atomic E-state index is 11.2. The molecule has 3 aromatic rings. The van der Waals surface area contributed by atoms with Crippen molar-refractivity contribution in [2.24, 2.45) is 17.8 Å². The third-order valence-electron chi connectivity index (χ3n) is 8.99. The average molecular weight is 528 g/mol. The number of pyridine rings is 1. The topological polar surface area (TPSA) is 59.4 Å². The summed E-state index contributed by atoms with van der Waals surface area (Å²) in [6.07, 6.45) is 11.4. The van der Waals surface area contributed by atoms with Gasteiger partial charge >= 0.3 is 5.97 Å². The number of carbonyl (C=O) groups is 1. The first-order valence-corrected chi connectivity index (χ1v) is 14.2. The lowest BCUT2D eigenvalue weighted by atomic mass is 9.48. The summed E-state index contributed by atoms with van der Waals surface area (Å²) in [6, 6.07) is 18.6. The zero-order chi connectivity index (χ0) is 26.3. The van der Waals surface area contributed by atoms with E-state index in [-0.39, 0.29) is 5.41 Å². The number of allylic oxidation sites excluding steroid dienone is 1. The van der Waals surface area contributed by atoms with Crippen molar-refractivity contribution in [3.63, 3.8) is 0 Å². The van der Waals surface area contributed by atoms with Crippen molar-refractivity contribution in [2.75, 3.05) is 0 Å². The maximum atomic E-state index is 11.2. The fourth-order valence-corrected chi connectivity index (χ4v) is 8.03. The molecule has 2 aromatic carbocycles. The standard InChI is InChI=1S/C33H34ClNO3/c1-2-25(15-31(36)37)27-14-29(34)32(35-19-27)26-8-9-30(38-20-21-6-4-3-5-7-21)28(13-26)33-16-22-10-23(17-33)12-24(11-22)18-33/h3-9,13-15,19,22-24H,2,10-12,16-18,20H2,1H3,(H,36,37)/b25-15+. The molecule has 0 spiro atoms. The third-order valence-corrected chi connectivity index (χ3v) is 9.28. The predicted molar refractivity (Wildman–Crippen MR) is 151 cm³/mol. The van der Waals surface area contributed by atoms with Gasteiger partial charge in [-0.05, 0) is 109 Å². The Kier molecular flexibility index (Phi) is 6.77.